The molecule has 4 heteroatoms. The molecule has 0 unspecified atom stereocenters. The van der Waals surface area contributed by atoms with Gasteiger partial charge in [-0.3, -0.25) is 4.79 Å². The van der Waals surface area contributed by atoms with Crippen molar-refractivity contribution in [2.24, 2.45) is 17.8 Å². The van der Waals surface area contributed by atoms with Crippen LogP contribution in [-0.2, 0) is 14.3 Å². The van der Waals surface area contributed by atoms with E-state index in [0.717, 1.165) is 32.1 Å². The van der Waals surface area contributed by atoms with Gasteiger partial charge in [0.2, 0.25) is 0 Å². The molecular weight excluding hydrogens is 328 g/mol. The van der Waals surface area contributed by atoms with E-state index >= 15 is 0 Å². The van der Waals surface area contributed by atoms with Crippen molar-refractivity contribution in [3.63, 3.8) is 0 Å². The number of hydrogen-bond donors (Lipinski definition) is 1. The SMILES string of the molecule is C=C1CC[C@@H]([C@@]2(C)CC[C@@H](C(C)(C)OC(C)=O)O2)[C@@H](O)[C@@H]2C(C)=CC[C@@H]12. The maximum Gasteiger partial charge on any atom is 0.303 e. The minimum Gasteiger partial charge on any atom is -0.457 e. The predicted octanol–water partition coefficient (Wildman–Crippen LogP) is 4.18. The third kappa shape index (κ3) is 3.38. The number of rotatable bonds is 3. The average molecular weight is 363 g/mol. The summed E-state index contributed by atoms with van der Waals surface area (Å²) in [5.41, 5.74) is 1.49. The zero-order valence-corrected chi connectivity index (χ0v) is 16.9. The lowest BCUT2D eigenvalue weighted by Crippen LogP contribution is -2.47. The van der Waals surface area contributed by atoms with Gasteiger partial charge in [0, 0.05) is 18.8 Å². The lowest BCUT2D eigenvalue weighted by molar-refractivity contribution is -0.184. The van der Waals surface area contributed by atoms with Gasteiger partial charge in [0.05, 0.1) is 17.8 Å². The van der Waals surface area contributed by atoms with Crippen LogP contribution in [0.25, 0.3) is 0 Å². The van der Waals surface area contributed by atoms with Crippen LogP contribution in [-0.4, -0.2) is 34.5 Å². The fraction of sp³-hybridized carbons (Fsp3) is 0.773. The molecule has 0 amide bonds. The molecule has 6 atom stereocenters. The Morgan fingerprint density at radius 2 is 2.12 bits per heavy atom. The zero-order valence-electron chi connectivity index (χ0n) is 16.9. The maximum atomic E-state index is 11.4. The molecule has 26 heavy (non-hydrogen) atoms. The molecule has 0 radical (unpaired) electrons. The molecule has 2 aliphatic carbocycles. The number of hydrogen-bond acceptors (Lipinski definition) is 4. The van der Waals surface area contributed by atoms with E-state index in [0.29, 0.717) is 5.92 Å². The summed E-state index contributed by atoms with van der Waals surface area (Å²) in [4.78, 5) is 11.4. The van der Waals surface area contributed by atoms with E-state index in [9.17, 15) is 9.90 Å². The number of allylic oxidation sites excluding steroid dienone is 2. The molecule has 1 aliphatic heterocycles. The summed E-state index contributed by atoms with van der Waals surface area (Å²) in [6.45, 7) is 13.8. The summed E-state index contributed by atoms with van der Waals surface area (Å²) in [6.07, 6.45) is 6.25. The Morgan fingerprint density at radius 3 is 2.77 bits per heavy atom. The van der Waals surface area contributed by atoms with Crippen LogP contribution in [0, 0.1) is 17.8 Å². The predicted molar refractivity (Wildman–Crippen MR) is 102 cm³/mol. The smallest absolute Gasteiger partial charge is 0.303 e. The fourth-order valence-electron chi connectivity index (χ4n) is 5.51. The van der Waals surface area contributed by atoms with Crippen molar-refractivity contribution >= 4 is 5.97 Å². The molecule has 0 aromatic carbocycles. The average Bonchev–Trinajstić information content (AvgIpc) is 3.07. The lowest BCUT2D eigenvalue weighted by atomic mass is 9.74. The van der Waals surface area contributed by atoms with Crippen molar-refractivity contribution in [2.45, 2.75) is 90.1 Å². The molecular formula is C22H34O4. The largest absolute Gasteiger partial charge is 0.457 e. The monoisotopic (exact) mass is 362 g/mol. The second-order valence-electron chi connectivity index (χ2n) is 9.27. The Bertz CT molecular complexity index is 620. The number of carbonyl (C=O) groups is 1. The van der Waals surface area contributed by atoms with Crippen LogP contribution in [0.4, 0.5) is 0 Å². The van der Waals surface area contributed by atoms with Crippen molar-refractivity contribution in [3.8, 4) is 0 Å². The van der Waals surface area contributed by atoms with Crippen LogP contribution in [0.2, 0.25) is 0 Å². The highest BCUT2D eigenvalue weighted by Crippen LogP contribution is 2.51. The molecule has 1 saturated heterocycles. The summed E-state index contributed by atoms with van der Waals surface area (Å²) in [5.74, 6) is 0.311. The van der Waals surface area contributed by atoms with Gasteiger partial charge in [-0.2, -0.15) is 0 Å². The Labute approximate surface area is 157 Å². The van der Waals surface area contributed by atoms with Crippen LogP contribution >= 0.6 is 0 Å². The normalized spacial score (nSPS) is 40.8. The molecule has 4 nitrogen and oxygen atoms in total. The fourth-order valence-corrected chi connectivity index (χ4v) is 5.51. The Balaban J connectivity index is 1.80. The van der Waals surface area contributed by atoms with E-state index in [1.807, 2.05) is 13.8 Å². The van der Waals surface area contributed by atoms with Gasteiger partial charge in [-0.1, -0.05) is 23.8 Å². The summed E-state index contributed by atoms with van der Waals surface area (Å²) in [7, 11) is 0. The second-order valence-corrected chi connectivity index (χ2v) is 9.27. The molecule has 3 rings (SSSR count). The topological polar surface area (TPSA) is 55.8 Å². The first-order valence-electron chi connectivity index (χ1n) is 9.95. The molecule has 1 saturated carbocycles. The standard InChI is InChI=1S/C22H34O4/c1-13-8-10-17(20(24)19-14(2)7-9-16(13)19)22(6)12-11-18(26-22)21(4,5)25-15(3)23/h7,16-20,24H,1,8-12H2,2-6H3/t16-,17+,18-,19+,20+,22+/m0/s1. The van der Waals surface area contributed by atoms with E-state index in [2.05, 4.69) is 26.5 Å². The first-order chi connectivity index (χ1) is 12.0. The van der Waals surface area contributed by atoms with Gasteiger partial charge in [0.25, 0.3) is 0 Å². The molecule has 3 aliphatic rings. The van der Waals surface area contributed by atoms with Gasteiger partial charge < -0.3 is 14.6 Å². The van der Waals surface area contributed by atoms with Gasteiger partial charge in [-0.25, -0.2) is 0 Å². The Kier molecular flexibility index (Phi) is 5.13. The molecule has 146 valence electrons. The highest BCUT2D eigenvalue weighted by Gasteiger charge is 2.53. The highest BCUT2D eigenvalue weighted by molar-refractivity contribution is 5.66. The first kappa shape index (κ1) is 19.6. The van der Waals surface area contributed by atoms with Crippen molar-refractivity contribution in [1.82, 2.24) is 0 Å². The minimum atomic E-state index is -0.658. The highest BCUT2D eigenvalue weighted by atomic mass is 16.6. The number of aliphatic hydroxyl groups excluding tert-OH is 1. The number of fused-ring (bicyclic) bond motifs is 1. The van der Waals surface area contributed by atoms with Crippen LogP contribution in [0.15, 0.2) is 23.8 Å². The van der Waals surface area contributed by atoms with Crippen molar-refractivity contribution in [1.29, 1.82) is 0 Å². The zero-order chi connectivity index (χ0) is 19.3. The van der Waals surface area contributed by atoms with Crippen LogP contribution < -0.4 is 0 Å². The van der Waals surface area contributed by atoms with E-state index < -0.39 is 17.3 Å². The number of carbonyl (C=O) groups excluding carboxylic acids is 1. The second kappa shape index (κ2) is 6.79. The number of esters is 1. The summed E-state index contributed by atoms with van der Waals surface area (Å²) in [5, 5.41) is 11.3. The number of aliphatic hydroxyl groups is 1. The molecule has 1 N–H and O–H groups in total. The molecule has 1 heterocycles. The summed E-state index contributed by atoms with van der Waals surface area (Å²) >= 11 is 0. The van der Waals surface area contributed by atoms with E-state index in [4.69, 9.17) is 9.47 Å². The number of ether oxygens (including phenoxy) is 2. The molecule has 0 aromatic heterocycles. The Morgan fingerprint density at radius 1 is 1.42 bits per heavy atom. The summed E-state index contributed by atoms with van der Waals surface area (Å²) < 4.78 is 12.0. The molecule has 0 spiro atoms. The van der Waals surface area contributed by atoms with Crippen molar-refractivity contribution in [2.75, 3.05) is 0 Å². The first-order valence-corrected chi connectivity index (χ1v) is 9.95. The van der Waals surface area contributed by atoms with Gasteiger partial charge in [-0.15, -0.1) is 0 Å². The van der Waals surface area contributed by atoms with Crippen LogP contribution in [0.3, 0.4) is 0 Å². The molecule has 2 fully saturated rings. The van der Waals surface area contributed by atoms with E-state index in [-0.39, 0.29) is 23.9 Å². The third-order valence-corrected chi connectivity index (χ3v) is 7.01. The summed E-state index contributed by atoms with van der Waals surface area (Å²) in [6, 6.07) is 0. The van der Waals surface area contributed by atoms with Crippen molar-refractivity contribution < 1.29 is 19.4 Å². The van der Waals surface area contributed by atoms with E-state index in [1.54, 1.807) is 0 Å². The van der Waals surface area contributed by atoms with Gasteiger partial charge in [-0.05, 0) is 65.7 Å². The van der Waals surface area contributed by atoms with Gasteiger partial charge in [0.15, 0.2) is 0 Å². The molecule has 0 aromatic rings. The Hall–Kier alpha value is -1.13. The molecule has 0 bridgehead atoms. The minimum absolute atomic E-state index is 0.0637. The third-order valence-electron chi connectivity index (χ3n) is 7.01. The van der Waals surface area contributed by atoms with Gasteiger partial charge >= 0.3 is 5.97 Å². The van der Waals surface area contributed by atoms with Crippen molar-refractivity contribution in [3.05, 3.63) is 23.8 Å². The quantitative estimate of drug-likeness (QED) is 0.604. The van der Waals surface area contributed by atoms with Crippen LogP contribution in [0.1, 0.15) is 66.7 Å². The maximum absolute atomic E-state index is 11.4. The van der Waals surface area contributed by atoms with E-state index in [1.165, 1.54) is 18.1 Å². The van der Waals surface area contributed by atoms with Crippen LogP contribution in [0.5, 0.6) is 0 Å². The lowest BCUT2D eigenvalue weighted by Gasteiger charge is -2.40. The van der Waals surface area contributed by atoms with Gasteiger partial charge in [0.1, 0.15) is 5.60 Å².